The van der Waals surface area contributed by atoms with Gasteiger partial charge in [-0.2, -0.15) is 0 Å². The molecule has 2 rings (SSSR count). The Labute approximate surface area is 183 Å². The van der Waals surface area contributed by atoms with Crippen molar-refractivity contribution in [3.05, 3.63) is 42.1 Å². The quantitative estimate of drug-likeness (QED) is 0.246. The Morgan fingerprint density at radius 1 is 1.11 bits per heavy atom. The monoisotopic (exact) mass is 499 g/mol. The SMILES string of the molecule is CCNC(=NCc1cccc2cccnc12)NCCNC(=O)OC(C)(C)C.I. The van der Waals surface area contributed by atoms with E-state index in [1.54, 1.807) is 6.20 Å². The normalized spacial score (nSPS) is 11.5. The first-order chi connectivity index (χ1) is 12.9. The molecule has 154 valence electrons. The Kier molecular flexibility index (Phi) is 9.98. The maximum atomic E-state index is 11.7. The summed E-state index contributed by atoms with van der Waals surface area (Å²) in [5.74, 6) is 0.691. The zero-order chi connectivity index (χ0) is 19.7. The molecule has 0 radical (unpaired) electrons. The summed E-state index contributed by atoms with van der Waals surface area (Å²) in [6, 6.07) is 10.1. The van der Waals surface area contributed by atoms with Gasteiger partial charge in [0.15, 0.2) is 5.96 Å². The number of guanidine groups is 1. The summed E-state index contributed by atoms with van der Waals surface area (Å²) in [5.41, 5.74) is 1.53. The van der Waals surface area contributed by atoms with E-state index in [1.165, 1.54) is 0 Å². The average Bonchev–Trinajstić information content (AvgIpc) is 2.61. The van der Waals surface area contributed by atoms with Crippen molar-refractivity contribution in [3.8, 4) is 0 Å². The lowest BCUT2D eigenvalue weighted by molar-refractivity contribution is 0.0529. The molecule has 0 atom stereocenters. The maximum absolute atomic E-state index is 11.7. The van der Waals surface area contributed by atoms with Crippen molar-refractivity contribution in [2.45, 2.75) is 39.8 Å². The van der Waals surface area contributed by atoms with Gasteiger partial charge in [-0.1, -0.05) is 24.3 Å². The van der Waals surface area contributed by atoms with E-state index in [4.69, 9.17) is 4.74 Å². The molecule has 0 saturated carbocycles. The van der Waals surface area contributed by atoms with Crippen molar-refractivity contribution < 1.29 is 9.53 Å². The van der Waals surface area contributed by atoms with Gasteiger partial charge in [0.1, 0.15) is 5.60 Å². The molecule has 8 heteroatoms. The highest BCUT2D eigenvalue weighted by molar-refractivity contribution is 14.0. The van der Waals surface area contributed by atoms with Crippen molar-refractivity contribution in [2.24, 2.45) is 4.99 Å². The number of aromatic nitrogens is 1. The molecule has 1 aromatic heterocycles. The van der Waals surface area contributed by atoms with Gasteiger partial charge in [-0.15, -0.1) is 24.0 Å². The summed E-state index contributed by atoms with van der Waals surface area (Å²) in [6.45, 7) is 9.76. The minimum Gasteiger partial charge on any atom is -0.444 e. The number of aliphatic imine (C=N–C) groups is 1. The van der Waals surface area contributed by atoms with Gasteiger partial charge in [0.2, 0.25) is 0 Å². The Bertz CT molecular complexity index is 784. The van der Waals surface area contributed by atoms with E-state index in [1.807, 2.05) is 58.0 Å². The predicted octanol–water partition coefficient (Wildman–Crippen LogP) is 3.43. The van der Waals surface area contributed by atoms with Crippen LogP contribution >= 0.6 is 24.0 Å². The molecular weight excluding hydrogens is 469 g/mol. The predicted molar refractivity (Wildman–Crippen MR) is 124 cm³/mol. The number of carbonyl (C=O) groups excluding carboxylic acids is 1. The molecule has 2 aromatic rings. The van der Waals surface area contributed by atoms with Crippen LogP contribution in [0.25, 0.3) is 10.9 Å². The third kappa shape index (κ3) is 8.28. The molecule has 1 amide bonds. The van der Waals surface area contributed by atoms with Crippen LogP contribution in [0.3, 0.4) is 0 Å². The van der Waals surface area contributed by atoms with Gasteiger partial charge in [-0.25, -0.2) is 9.79 Å². The zero-order valence-electron chi connectivity index (χ0n) is 16.9. The molecule has 0 bridgehead atoms. The number of rotatable bonds is 6. The van der Waals surface area contributed by atoms with Crippen molar-refractivity contribution >= 4 is 46.9 Å². The topological polar surface area (TPSA) is 87.6 Å². The molecule has 3 N–H and O–H groups in total. The molecule has 0 spiro atoms. The fourth-order valence-corrected chi connectivity index (χ4v) is 2.46. The van der Waals surface area contributed by atoms with Gasteiger partial charge in [-0.05, 0) is 39.3 Å². The van der Waals surface area contributed by atoms with Gasteiger partial charge in [0.25, 0.3) is 0 Å². The number of benzene rings is 1. The van der Waals surface area contributed by atoms with Gasteiger partial charge < -0.3 is 20.7 Å². The number of carbonyl (C=O) groups is 1. The van der Waals surface area contributed by atoms with E-state index in [2.05, 4.69) is 25.9 Å². The second-order valence-corrected chi connectivity index (χ2v) is 7.04. The Balaban J connectivity index is 0.00000392. The number of amides is 1. The first-order valence-electron chi connectivity index (χ1n) is 9.20. The number of halogens is 1. The van der Waals surface area contributed by atoms with E-state index in [0.29, 0.717) is 25.6 Å². The number of hydrogen-bond acceptors (Lipinski definition) is 4. The molecule has 0 aliphatic heterocycles. The minimum absolute atomic E-state index is 0. The standard InChI is InChI=1S/C20H29N5O2.HI/c1-5-21-18(23-12-13-24-19(26)27-20(2,3)4)25-14-16-9-6-8-15-10-7-11-22-17(15)16;/h6-11H,5,12-14H2,1-4H3,(H,24,26)(H2,21,23,25);1H. The number of fused-ring (bicyclic) bond motifs is 1. The highest BCUT2D eigenvalue weighted by Crippen LogP contribution is 2.16. The van der Waals surface area contributed by atoms with Crippen molar-refractivity contribution in [1.82, 2.24) is 20.9 Å². The highest BCUT2D eigenvalue weighted by atomic mass is 127. The van der Waals surface area contributed by atoms with Crippen LogP contribution in [-0.4, -0.2) is 42.3 Å². The van der Waals surface area contributed by atoms with Gasteiger partial charge in [0.05, 0.1) is 12.1 Å². The molecule has 1 heterocycles. The number of hydrogen-bond donors (Lipinski definition) is 3. The lowest BCUT2D eigenvalue weighted by Gasteiger charge is -2.19. The summed E-state index contributed by atoms with van der Waals surface area (Å²) in [7, 11) is 0. The highest BCUT2D eigenvalue weighted by Gasteiger charge is 2.15. The van der Waals surface area contributed by atoms with E-state index < -0.39 is 11.7 Å². The number of pyridine rings is 1. The minimum atomic E-state index is -0.500. The van der Waals surface area contributed by atoms with E-state index in [9.17, 15) is 4.79 Å². The number of nitrogens with one attached hydrogen (secondary N) is 3. The van der Waals surface area contributed by atoms with Crippen LogP contribution in [0.5, 0.6) is 0 Å². The van der Waals surface area contributed by atoms with Crippen molar-refractivity contribution in [3.63, 3.8) is 0 Å². The smallest absolute Gasteiger partial charge is 0.407 e. The first-order valence-corrected chi connectivity index (χ1v) is 9.20. The number of alkyl carbamates (subject to hydrolysis) is 1. The molecule has 0 aliphatic rings. The lowest BCUT2D eigenvalue weighted by Crippen LogP contribution is -2.42. The van der Waals surface area contributed by atoms with Crippen LogP contribution in [0.15, 0.2) is 41.5 Å². The second kappa shape index (κ2) is 11.7. The van der Waals surface area contributed by atoms with Gasteiger partial charge >= 0.3 is 6.09 Å². The summed E-state index contributed by atoms with van der Waals surface area (Å²) in [5, 5.41) is 10.2. The van der Waals surface area contributed by atoms with Crippen LogP contribution < -0.4 is 16.0 Å². The van der Waals surface area contributed by atoms with E-state index >= 15 is 0 Å². The molecule has 1 aromatic carbocycles. The summed E-state index contributed by atoms with van der Waals surface area (Å²) in [4.78, 5) is 20.7. The molecule has 0 unspecified atom stereocenters. The second-order valence-electron chi connectivity index (χ2n) is 7.04. The van der Waals surface area contributed by atoms with Crippen LogP contribution in [0.4, 0.5) is 4.79 Å². The number of para-hydroxylation sites is 1. The van der Waals surface area contributed by atoms with Crippen LogP contribution in [0.2, 0.25) is 0 Å². The Morgan fingerprint density at radius 2 is 1.82 bits per heavy atom. The van der Waals surface area contributed by atoms with E-state index in [0.717, 1.165) is 23.0 Å². The fraction of sp³-hybridized carbons (Fsp3) is 0.450. The maximum Gasteiger partial charge on any atom is 0.407 e. The molecule has 0 fully saturated rings. The van der Waals surface area contributed by atoms with Gasteiger partial charge in [-0.3, -0.25) is 4.98 Å². The van der Waals surface area contributed by atoms with Crippen molar-refractivity contribution in [2.75, 3.05) is 19.6 Å². The molecule has 7 nitrogen and oxygen atoms in total. The lowest BCUT2D eigenvalue weighted by atomic mass is 10.1. The Morgan fingerprint density at radius 3 is 2.54 bits per heavy atom. The first kappa shape index (κ1) is 23.9. The zero-order valence-corrected chi connectivity index (χ0v) is 19.2. The summed E-state index contributed by atoms with van der Waals surface area (Å²) in [6.07, 6.45) is 1.37. The van der Waals surface area contributed by atoms with Crippen molar-refractivity contribution in [1.29, 1.82) is 0 Å². The summed E-state index contributed by atoms with van der Waals surface area (Å²) < 4.78 is 5.21. The van der Waals surface area contributed by atoms with Gasteiger partial charge in [0, 0.05) is 31.2 Å². The Hall–Kier alpha value is -2.10. The fourth-order valence-electron chi connectivity index (χ4n) is 2.46. The van der Waals surface area contributed by atoms with Crippen LogP contribution in [0, 0.1) is 0 Å². The third-order valence-electron chi connectivity index (χ3n) is 3.55. The molecule has 0 aliphatic carbocycles. The average molecular weight is 499 g/mol. The third-order valence-corrected chi connectivity index (χ3v) is 3.55. The number of nitrogens with zero attached hydrogens (tertiary/aromatic N) is 2. The van der Waals surface area contributed by atoms with Crippen LogP contribution in [0.1, 0.15) is 33.3 Å². The number of ether oxygens (including phenoxy) is 1. The van der Waals surface area contributed by atoms with E-state index in [-0.39, 0.29) is 24.0 Å². The molecular formula is C20H30IN5O2. The molecule has 0 saturated heterocycles. The molecule has 28 heavy (non-hydrogen) atoms. The summed E-state index contributed by atoms with van der Waals surface area (Å²) >= 11 is 0. The largest absolute Gasteiger partial charge is 0.444 e. The van der Waals surface area contributed by atoms with Crippen LogP contribution in [-0.2, 0) is 11.3 Å².